The average molecular weight is 338 g/mol. The molecule has 0 unspecified atom stereocenters. The first-order chi connectivity index (χ1) is 7.43. The Morgan fingerprint density at radius 2 is 2.06 bits per heavy atom. The van der Waals surface area contributed by atoms with Gasteiger partial charge in [-0.25, -0.2) is 0 Å². The summed E-state index contributed by atoms with van der Waals surface area (Å²) in [5.74, 6) is -0.165. The van der Waals surface area contributed by atoms with Gasteiger partial charge in [-0.3, -0.25) is 14.4 Å². The second kappa shape index (κ2) is 5.60. The summed E-state index contributed by atoms with van der Waals surface area (Å²) < 4.78 is -0.267. The van der Waals surface area contributed by atoms with Crippen molar-refractivity contribution in [1.29, 1.82) is 0 Å². The van der Waals surface area contributed by atoms with Crippen LogP contribution in [-0.4, -0.2) is 39.1 Å². The minimum atomic E-state index is -0.565. The Kier molecular flexibility index (Phi) is 4.69. The normalized spacial score (nSPS) is 21.7. The Hall–Kier alpha value is -0.660. The molecule has 6 heteroatoms. The molecule has 1 saturated heterocycles. The number of rotatable bonds is 3. The van der Waals surface area contributed by atoms with E-state index in [9.17, 15) is 14.4 Å². The smallest absolute Gasteiger partial charge is 0.281 e. The third-order valence-electron chi connectivity index (χ3n) is 2.71. The highest BCUT2D eigenvalue weighted by molar-refractivity contribution is 14.1. The third-order valence-corrected chi connectivity index (χ3v) is 3.02. The molecule has 0 saturated carbocycles. The predicted molar refractivity (Wildman–Crippen MR) is 67.4 cm³/mol. The average Bonchev–Trinajstić information content (AvgIpc) is 2.63. The highest BCUT2D eigenvalue weighted by Crippen LogP contribution is 2.19. The Balaban J connectivity index is 2.65. The van der Waals surface area contributed by atoms with Crippen molar-refractivity contribution in [2.45, 2.75) is 38.8 Å². The fourth-order valence-corrected chi connectivity index (χ4v) is 2.40. The Morgan fingerprint density at radius 1 is 1.44 bits per heavy atom. The third kappa shape index (κ3) is 3.16. The molecule has 1 aliphatic rings. The Bertz CT molecular complexity index is 319. The second-order valence-electron chi connectivity index (χ2n) is 3.94. The van der Waals surface area contributed by atoms with E-state index in [2.05, 4.69) is 5.32 Å². The van der Waals surface area contributed by atoms with Gasteiger partial charge >= 0.3 is 0 Å². The van der Waals surface area contributed by atoms with Gasteiger partial charge in [0.25, 0.3) is 3.91 Å². The molecule has 0 aromatic carbocycles. The van der Waals surface area contributed by atoms with Gasteiger partial charge in [0.1, 0.15) is 6.04 Å². The molecule has 0 bridgehead atoms. The van der Waals surface area contributed by atoms with Crippen molar-refractivity contribution in [1.82, 2.24) is 10.2 Å². The van der Waals surface area contributed by atoms with E-state index < -0.39 is 6.04 Å². The van der Waals surface area contributed by atoms with Crippen LogP contribution in [0.1, 0.15) is 26.7 Å². The second-order valence-corrected chi connectivity index (χ2v) is 4.92. The lowest BCUT2D eigenvalue weighted by atomic mass is 10.1. The van der Waals surface area contributed by atoms with Crippen molar-refractivity contribution in [2.75, 3.05) is 6.54 Å². The molecule has 16 heavy (non-hydrogen) atoms. The summed E-state index contributed by atoms with van der Waals surface area (Å²) in [6, 6.07) is -0.870. The molecule has 1 N–H and O–H groups in total. The van der Waals surface area contributed by atoms with Crippen molar-refractivity contribution in [3.05, 3.63) is 0 Å². The Labute approximate surface area is 108 Å². The van der Waals surface area contributed by atoms with Crippen molar-refractivity contribution >= 4 is 38.2 Å². The van der Waals surface area contributed by atoms with Crippen LogP contribution in [0.15, 0.2) is 0 Å². The molecule has 0 aromatic heterocycles. The van der Waals surface area contributed by atoms with Crippen LogP contribution in [0.5, 0.6) is 0 Å². The van der Waals surface area contributed by atoms with Gasteiger partial charge in [0.2, 0.25) is 5.91 Å². The van der Waals surface area contributed by atoms with Crippen molar-refractivity contribution in [3.63, 3.8) is 0 Å². The summed E-state index contributed by atoms with van der Waals surface area (Å²) in [5.41, 5.74) is 0. The summed E-state index contributed by atoms with van der Waals surface area (Å²) in [6.45, 7) is 3.73. The zero-order valence-electron chi connectivity index (χ0n) is 9.33. The number of nitrogens with zero attached hydrogens (tertiary/aromatic N) is 1. The number of carbonyl (C=O) groups is 3. The van der Waals surface area contributed by atoms with Crippen LogP contribution in [0, 0.1) is 0 Å². The van der Waals surface area contributed by atoms with Crippen molar-refractivity contribution in [3.8, 4) is 0 Å². The van der Waals surface area contributed by atoms with Crippen LogP contribution in [0.4, 0.5) is 4.79 Å². The van der Waals surface area contributed by atoms with Gasteiger partial charge in [-0.05, 0) is 26.7 Å². The summed E-state index contributed by atoms with van der Waals surface area (Å²) in [5, 5.41) is 2.52. The highest BCUT2D eigenvalue weighted by atomic mass is 127. The minimum Gasteiger partial charge on any atom is -0.336 e. The van der Waals surface area contributed by atoms with Crippen LogP contribution in [0.2, 0.25) is 0 Å². The maximum absolute atomic E-state index is 12.0. The highest BCUT2D eigenvalue weighted by Gasteiger charge is 2.34. The zero-order valence-corrected chi connectivity index (χ0v) is 11.5. The number of amides is 2. The van der Waals surface area contributed by atoms with E-state index in [-0.39, 0.29) is 21.6 Å². The van der Waals surface area contributed by atoms with Gasteiger partial charge < -0.3 is 10.2 Å². The van der Waals surface area contributed by atoms with E-state index in [1.165, 1.54) is 6.92 Å². The number of ketones is 1. The van der Waals surface area contributed by atoms with E-state index in [1.807, 2.05) is 0 Å². The van der Waals surface area contributed by atoms with Crippen LogP contribution in [0.3, 0.4) is 0 Å². The molecular formula is C10H15IN2O3. The number of likely N-dealkylation sites (tertiary alicyclic amines) is 1. The molecule has 1 rings (SSSR count). The maximum Gasteiger partial charge on any atom is 0.281 e. The van der Waals surface area contributed by atoms with Crippen LogP contribution in [0.25, 0.3) is 0 Å². The molecule has 90 valence electrons. The fraction of sp³-hybridized carbons (Fsp3) is 0.700. The number of halogens is 1. The van der Waals surface area contributed by atoms with Crippen LogP contribution in [-0.2, 0) is 9.59 Å². The summed E-state index contributed by atoms with van der Waals surface area (Å²) in [7, 11) is 0. The molecule has 2 atom stereocenters. The summed E-state index contributed by atoms with van der Waals surface area (Å²) in [4.78, 5) is 35.7. The van der Waals surface area contributed by atoms with E-state index in [0.29, 0.717) is 6.54 Å². The van der Waals surface area contributed by atoms with Crippen molar-refractivity contribution in [2.24, 2.45) is 0 Å². The van der Waals surface area contributed by atoms with E-state index >= 15 is 0 Å². The van der Waals surface area contributed by atoms with Gasteiger partial charge in [-0.1, -0.05) is 0 Å². The zero-order chi connectivity index (χ0) is 12.3. The monoisotopic (exact) mass is 338 g/mol. The lowest BCUT2D eigenvalue weighted by Gasteiger charge is -2.25. The van der Waals surface area contributed by atoms with Gasteiger partial charge in [0.15, 0.2) is 5.78 Å². The standard InChI is InChI=1S/C10H15IN2O3/c1-6(12-10(11)16)9(15)13-5-3-4-8(13)7(2)14/h6,8H,3-5H2,1-2H3,(H,12,16)/t6-,8-/m0/s1. The quantitative estimate of drug-likeness (QED) is 0.476. The first-order valence-electron chi connectivity index (χ1n) is 5.20. The summed E-state index contributed by atoms with van der Waals surface area (Å²) >= 11 is 1.59. The molecule has 0 spiro atoms. The number of carbonyl (C=O) groups excluding carboxylic acids is 3. The first kappa shape index (κ1) is 13.4. The largest absolute Gasteiger partial charge is 0.336 e. The van der Waals surface area contributed by atoms with Gasteiger partial charge in [-0.2, -0.15) is 0 Å². The minimum absolute atomic E-state index is 0.0128. The summed E-state index contributed by atoms with van der Waals surface area (Å²) in [6.07, 6.45) is 1.58. The number of hydrogen-bond acceptors (Lipinski definition) is 3. The molecular weight excluding hydrogens is 323 g/mol. The molecule has 5 nitrogen and oxygen atoms in total. The van der Waals surface area contributed by atoms with Gasteiger partial charge in [0.05, 0.1) is 6.04 Å². The maximum atomic E-state index is 12.0. The van der Waals surface area contributed by atoms with Gasteiger partial charge in [-0.15, -0.1) is 0 Å². The van der Waals surface area contributed by atoms with Crippen LogP contribution < -0.4 is 5.32 Å². The number of nitrogens with one attached hydrogen (secondary N) is 1. The molecule has 1 aliphatic heterocycles. The SMILES string of the molecule is CC(=O)[C@@H]1CCCN1C(=O)[C@H](C)NC(=O)I. The molecule has 2 amide bonds. The van der Waals surface area contributed by atoms with Crippen LogP contribution >= 0.6 is 22.6 Å². The van der Waals surface area contributed by atoms with E-state index in [1.54, 1.807) is 34.4 Å². The van der Waals surface area contributed by atoms with E-state index in [0.717, 1.165) is 12.8 Å². The Morgan fingerprint density at radius 3 is 2.56 bits per heavy atom. The number of Topliss-reactive ketones (excluding diaryl/α,β-unsaturated/α-hetero) is 1. The molecule has 0 radical (unpaired) electrons. The molecule has 1 heterocycles. The lowest BCUT2D eigenvalue weighted by Crippen LogP contribution is -2.49. The van der Waals surface area contributed by atoms with Crippen molar-refractivity contribution < 1.29 is 14.4 Å². The fourth-order valence-electron chi connectivity index (χ4n) is 1.93. The topological polar surface area (TPSA) is 66.5 Å². The predicted octanol–water partition coefficient (Wildman–Crippen LogP) is 1.10. The molecule has 0 aromatic rings. The molecule has 1 fully saturated rings. The first-order valence-corrected chi connectivity index (χ1v) is 6.28. The lowest BCUT2D eigenvalue weighted by molar-refractivity contribution is -0.138. The van der Waals surface area contributed by atoms with E-state index in [4.69, 9.17) is 0 Å². The van der Waals surface area contributed by atoms with Gasteiger partial charge in [0, 0.05) is 29.1 Å². The molecule has 0 aliphatic carbocycles. The number of hydrogen-bond donors (Lipinski definition) is 1.